The minimum atomic E-state index is -3.50. The number of hydrogen-bond donors (Lipinski definition) is 2. The number of fused-ring (bicyclic) bond motifs is 2. The molecule has 3 aromatic carbocycles. The number of nitrogens with zero attached hydrogens (tertiary/aromatic N) is 3. The van der Waals surface area contributed by atoms with E-state index in [2.05, 4.69) is 25.0 Å². The Balaban J connectivity index is 1.49. The van der Waals surface area contributed by atoms with Gasteiger partial charge >= 0.3 is 0 Å². The van der Waals surface area contributed by atoms with E-state index < -0.39 is 10.0 Å². The smallest absolute Gasteiger partial charge is 0.251 e. The Kier molecular flexibility index (Phi) is 6.56. The van der Waals surface area contributed by atoms with Crippen LogP contribution in [0.4, 0.5) is 5.69 Å². The summed E-state index contributed by atoms with van der Waals surface area (Å²) < 4.78 is 25.7. The molecule has 2 heterocycles. The topological polar surface area (TPSA) is 131 Å². The Morgan fingerprint density at radius 1 is 0.868 bits per heavy atom. The molecule has 38 heavy (non-hydrogen) atoms. The second-order valence-corrected chi connectivity index (χ2v) is 10.7. The Hall–Kier alpha value is -4.70. The Labute approximate surface area is 218 Å². The monoisotopic (exact) mass is 525 g/mol. The lowest BCUT2D eigenvalue weighted by Crippen LogP contribution is -2.23. The molecule has 0 fully saturated rings. The number of aryl methyl sites for hydroxylation is 1. The Bertz CT molecular complexity index is 1870. The molecule has 0 atom stereocenters. The van der Waals surface area contributed by atoms with Crippen LogP contribution in [0.15, 0.2) is 84.0 Å². The molecule has 2 aromatic heterocycles. The third-order valence-electron chi connectivity index (χ3n) is 5.91. The SMILES string of the molecule is Cc1cnc(CNC(=O)c2cccc(-c3cnc4ccc5ccc(NS(C)(=O)=O)cc5c(=O)c4c3)c2)cn1. The van der Waals surface area contributed by atoms with Gasteiger partial charge in [-0.05, 0) is 54.3 Å². The summed E-state index contributed by atoms with van der Waals surface area (Å²) in [7, 11) is -3.50. The number of sulfonamides is 1. The number of rotatable bonds is 6. The molecule has 190 valence electrons. The van der Waals surface area contributed by atoms with Gasteiger partial charge in [0.2, 0.25) is 10.0 Å². The van der Waals surface area contributed by atoms with Gasteiger partial charge in [-0.1, -0.05) is 24.3 Å². The highest BCUT2D eigenvalue weighted by Gasteiger charge is 2.11. The predicted molar refractivity (Wildman–Crippen MR) is 147 cm³/mol. The Morgan fingerprint density at radius 2 is 1.68 bits per heavy atom. The van der Waals surface area contributed by atoms with Crippen molar-refractivity contribution >= 4 is 43.3 Å². The lowest BCUT2D eigenvalue weighted by Gasteiger charge is -2.07. The van der Waals surface area contributed by atoms with Crippen LogP contribution in [0.25, 0.3) is 32.8 Å². The second-order valence-electron chi connectivity index (χ2n) is 8.91. The van der Waals surface area contributed by atoms with Crippen LogP contribution in [0, 0.1) is 6.92 Å². The number of carbonyl (C=O) groups is 1. The predicted octanol–water partition coefficient (Wildman–Crippen LogP) is 3.82. The maximum atomic E-state index is 13.5. The second kappa shape index (κ2) is 9.98. The number of hydrogen-bond acceptors (Lipinski definition) is 7. The zero-order chi connectivity index (χ0) is 26.9. The average molecular weight is 526 g/mol. The fourth-order valence-electron chi connectivity index (χ4n) is 4.06. The molecule has 9 nitrogen and oxygen atoms in total. The minimum Gasteiger partial charge on any atom is -0.346 e. The fourth-order valence-corrected chi connectivity index (χ4v) is 4.62. The number of nitrogens with one attached hydrogen (secondary N) is 2. The van der Waals surface area contributed by atoms with Gasteiger partial charge in [-0.2, -0.15) is 0 Å². The molecule has 0 aliphatic carbocycles. The number of carbonyl (C=O) groups excluding carboxylic acids is 1. The van der Waals surface area contributed by atoms with Crippen molar-refractivity contribution in [3.05, 3.63) is 106 Å². The number of anilines is 1. The maximum Gasteiger partial charge on any atom is 0.251 e. The van der Waals surface area contributed by atoms with Gasteiger partial charge in [0.1, 0.15) is 0 Å². The fraction of sp³-hybridized carbons (Fsp3) is 0.107. The van der Waals surface area contributed by atoms with Crippen LogP contribution in [0.5, 0.6) is 0 Å². The molecule has 5 rings (SSSR count). The maximum absolute atomic E-state index is 13.5. The molecular weight excluding hydrogens is 502 g/mol. The van der Waals surface area contributed by atoms with Crippen LogP contribution in [-0.2, 0) is 16.6 Å². The third kappa shape index (κ3) is 5.50. The molecule has 0 aliphatic heterocycles. The molecule has 1 amide bonds. The van der Waals surface area contributed by atoms with Crippen LogP contribution >= 0.6 is 0 Å². The molecule has 0 bridgehead atoms. The van der Waals surface area contributed by atoms with Gasteiger partial charge in [0.25, 0.3) is 5.91 Å². The van der Waals surface area contributed by atoms with Crippen LogP contribution in [0.1, 0.15) is 21.7 Å². The summed E-state index contributed by atoms with van der Waals surface area (Å²) in [5.41, 5.74) is 3.81. The van der Waals surface area contributed by atoms with Crippen molar-refractivity contribution in [2.75, 3.05) is 11.0 Å². The van der Waals surface area contributed by atoms with Crippen LogP contribution in [0.2, 0.25) is 0 Å². The molecule has 0 unspecified atom stereocenters. The Morgan fingerprint density at radius 3 is 2.45 bits per heavy atom. The summed E-state index contributed by atoms with van der Waals surface area (Å²) in [4.78, 5) is 39.2. The third-order valence-corrected chi connectivity index (χ3v) is 6.51. The van der Waals surface area contributed by atoms with Gasteiger partial charge in [-0.15, -0.1) is 0 Å². The highest BCUT2D eigenvalue weighted by molar-refractivity contribution is 7.92. The van der Waals surface area contributed by atoms with Crippen molar-refractivity contribution in [1.82, 2.24) is 20.3 Å². The molecule has 0 saturated carbocycles. The van der Waals surface area contributed by atoms with Gasteiger partial charge in [0.05, 0.1) is 35.9 Å². The normalized spacial score (nSPS) is 11.4. The van der Waals surface area contributed by atoms with E-state index in [0.717, 1.165) is 17.5 Å². The zero-order valence-corrected chi connectivity index (χ0v) is 21.4. The van der Waals surface area contributed by atoms with Crippen molar-refractivity contribution in [2.24, 2.45) is 0 Å². The largest absolute Gasteiger partial charge is 0.346 e. The first-order valence-electron chi connectivity index (χ1n) is 11.7. The molecule has 5 aromatic rings. The molecular formula is C28H23N5O4S. The summed E-state index contributed by atoms with van der Waals surface area (Å²) in [5, 5.41) is 4.24. The van der Waals surface area contributed by atoms with Gasteiger partial charge in [-0.3, -0.25) is 29.3 Å². The summed E-state index contributed by atoms with van der Waals surface area (Å²) in [6, 6.07) is 17.1. The first-order chi connectivity index (χ1) is 18.2. The number of benzene rings is 2. The zero-order valence-electron chi connectivity index (χ0n) is 20.6. The van der Waals surface area contributed by atoms with E-state index in [-0.39, 0.29) is 17.9 Å². The summed E-state index contributed by atoms with van der Waals surface area (Å²) in [6.45, 7) is 2.08. The standard InChI is InChI=1S/C28H23N5O4S/c1-17-13-30-23(15-29-17)16-32-28(35)20-5-3-4-19(10-20)21-11-25-26(31-14-21)9-7-18-6-8-22(33-38(2,36)37)12-24(18)27(25)34/h3-15,33H,16H2,1-2H3,(H,32,35). The van der Waals surface area contributed by atoms with Crippen molar-refractivity contribution in [2.45, 2.75) is 13.5 Å². The van der Waals surface area contributed by atoms with Crippen molar-refractivity contribution in [3.8, 4) is 11.1 Å². The lowest BCUT2D eigenvalue weighted by molar-refractivity contribution is 0.0950. The van der Waals surface area contributed by atoms with Gasteiger partial charge in [0, 0.05) is 40.0 Å². The van der Waals surface area contributed by atoms with Crippen LogP contribution in [-0.4, -0.2) is 35.5 Å². The number of pyridine rings is 1. The first kappa shape index (κ1) is 25.0. The first-order valence-corrected chi connectivity index (χ1v) is 13.6. The molecule has 0 spiro atoms. The van der Waals surface area contributed by atoms with E-state index in [1.807, 2.05) is 13.0 Å². The van der Waals surface area contributed by atoms with Crippen molar-refractivity contribution in [1.29, 1.82) is 0 Å². The quantitative estimate of drug-likeness (QED) is 0.345. The minimum absolute atomic E-state index is 0.243. The van der Waals surface area contributed by atoms with Crippen LogP contribution < -0.4 is 15.5 Å². The van der Waals surface area contributed by atoms with Gasteiger partial charge < -0.3 is 5.32 Å². The lowest BCUT2D eigenvalue weighted by atomic mass is 10.0. The molecule has 0 radical (unpaired) electrons. The molecule has 10 heteroatoms. The van der Waals surface area contributed by atoms with Crippen molar-refractivity contribution in [3.63, 3.8) is 0 Å². The van der Waals surface area contributed by atoms with E-state index in [0.29, 0.717) is 44.2 Å². The van der Waals surface area contributed by atoms with E-state index in [4.69, 9.17) is 0 Å². The summed E-state index contributed by atoms with van der Waals surface area (Å²) in [5.74, 6) is -0.268. The van der Waals surface area contributed by atoms with E-state index in [1.54, 1.807) is 67.1 Å². The summed E-state index contributed by atoms with van der Waals surface area (Å²) in [6.07, 6.45) is 5.97. The van der Waals surface area contributed by atoms with Crippen molar-refractivity contribution < 1.29 is 13.2 Å². The molecule has 2 N–H and O–H groups in total. The summed E-state index contributed by atoms with van der Waals surface area (Å²) >= 11 is 0. The molecule has 0 saturated heterocycles. The number of aromatic nitrogens is 3. The average Bonchev–Trinajstić information content (AvgIpc) is 3.03. The van der Waals surface area contributed by atoms with E-state index in [9.17, 15) is 18.0 Å². The number of amides is 1. The van der Waals surface area contributed by atoms with Crippen LogP contribution in [0.3, 0.4) is 0 Å². The van der Waals surface area contributed by atoms with E-state index in [1.165, 1.54) is 6.07 Å². The van der Waals surface area contributed by atoms with Gasteiger partial charge in [0.15, 0.2) is 5.43 Å². The highest BCUT2D eigenvalue weighted by atomic mass is 32.2. The van der Waals surface area contributed by atoms with E-state index >= 15 is 0 Å². The highest BCUT2D eigenvalue weighted by Crippen LogP contribution is 2.24. The molecule has 0 aliphatic rings. The van der Waals surface area contributed by atoms with Gasteiger partial charge in [-0.25, -0.2) is 8.42 Å².